The molecule has 3 heterocycles. The van der Waals surface area contributed by atoms with E-state index < -0.39 is 23.1 Å². The molecular formula is C31H32F3N5O2. The maximum Gasteiger partial charge on any atom is 0.254 e. The number of hydrogen-bond donors (Lipinski definition) is 2. The van der Waals surface area contributed by atoms with Crippen molar-refractivity contribution < 1.29 is 23.1 Å². The van der Waals surface area contributed by atoms with Gasteiger partial charge >= 0.3 is 0 Å². The lowest BCUT2D eigenvalue weighted by molar-refractivity contribution is 0.0124. The molecule has 1 amide bonds. The highest BCUT2D eigenvalue weighted by Crippen LogP contribution is 2.41. The molecule has 0 saturated carbocycles. The summed E-state index contributed by atoms with van der Waals surface area (Å²) in [5.41, 5.74) is 6.41. The highest BCUT2D eigenvalue weighted by Gasteiger charge is 2.47. The fraction of sp³-hybridized carbons (Fsp3) is 0.387. The molecule has 3 N–H and O–H groups in total. The number of rotatable bonds is 7. The Morgan fingerprint density at radius 1 is 1.02 bits per heavy atom. The second-order valence-electron chi connectivity index (χ2n) is 11.3. The van der Waals surface area contributed by atoms with E-state index in [0.717, 1.165) is 19.3 Å². The Kier molecular flexibility index (Phi) is 6.86. The monoisotopic (exact) mass is 563 g/mol. The smallest absolute Gasteiger partial charge is 0.254 e. The van der Waals surface area contributed by atoms with Crippen molar-refractivity contribution in [2.24, 2.45) is 5.73 Å². The van der Waals surface area contributed by atoms with Crippen LogP contribution >= 0.6 is 0 Å². The molecule has 2 bridgehead atoms. The van der Waals surface area contributed by atoms with E-state index >= 15 is 8.78 Å². The maximum atomic E-state index is 15.8. The molecule has 41 heavy (non-hydrogen) atoms. The Morgan fingerprint density at radius 3 is 2.46 bits per heavy atom. The molecule has 3 atom stereocenters. The lowest BCUT2D eigenvalue weighted by atomic mass is 9.91. The average molecular weight is 564 g/mol. The van der Waals surface area contributed by atoms with E-state index in [1.54, 1.807) is 24.3 Å². The van der Waals surface area contributed by atoms with Gasteiger partial charge in [-0.05, 0) is 79.1 Å². The number of fused-ring (bicyclic) bond motifs is 3. The van der Waals surface area contributed by atoms with Gasteiger partial charge in [0.1, 0.15) is 16.9 Å². The first-order valence-electron chi connectivity index (χ1n) is 14.1. The van der Waals surface area contributed by atoms with Crippen molar-refractivity contribution in [1.82, 2.24) is 19.9 Å². The fourth-order valence-electron chi connectivity index (χ4n) is 6.44. The molecule has 0 aliphatic carbocycles. The van der Waals surface area contributed by atoms with Crippen LogP contribution in [-0.4, -0.2) is 54.6 Å². The van der Waals surface area contributed by atoms with Gasteiger partial charge in [0.15, 0.2) is 11.6 Å². The van der Waals surface area contributed by atoms with Gasteiger partial charge in [0.05, 0.1) is 12.1 Å². The second kappa shape index (κ2) is 10.3. The molecule has 10 heteroatoms. The number of amides is 1. The number of carbonyl (C=O) groups excluding carboxylic acids is 1. The molecule has 2 fully saturated rings. The van der Waals surface area contributed by atoms with E-state index in [2.05, 4.69) is 10.3 Å². The number of benzene rings is 3. The maximum absolute atomic E-state index is 15.8. The minimum absolute atomic E-state index is 0.0283. The fourth-order valence-corrected chi connectivity index (χ4v) is 6.44. The van der Waals surface area contributed by atoms with Crippen LogP contribution in [0.2, 0.25) is 0 Å². The van der Waals surface area contributed by atoms with Gasteiger partial charge in [-0.25, -0.2) is 17.9 Å². The van der Waals surface area contributed by atoms with Crippen LogP contribution in [0.15, 0.2) is 48.5 Å². The van der Waals surface area contributed by atoms with Gasteiger partial charge in [-0.1, -0.05) is 37.3 Å². The Hall–Kier alpha value is -3.76. The Labute approximate surface area is 235 Å². The summed E-state index contributed by atoms with van der Waals surface area (Å²) >= 11 is 0. The number of aliphatic hydroxyl groups is 1. The van der Waals surface area contributed by atoms with E-state index in [1.165, 1.54) is 28.9 Å². The normalized spacial score (nSPS) is 20.4. The number of nitrogens with zero attached hydrogens (tertiary/aromatic N) is 4. The van der Waals surface area contributed by atoms with Gasteiger partial charge in [0.2, 0.25) is 0 Å². The highest BCUT2D eigenvalue weighted by molar-refractivity contribution is 5.99. The molecule has 0 spiro atoms. The van der Waals surface area contributed by atoms with Gasteiger partial charge in [0, 0.05) is 29.3 Å². The summed E-state index contributed by atoms with van der Waals surface area (Å²) in [7, 11) is 0. The van der Waals surface area contributed by atoms with Crippen molar-refractivity contribution in [1.29, 1.82) is 0 Å². The highest BCUT2D eigenvalue weighted by atomic mass is 19.2. The van der Waals surface area contributed by atoms with Crippen LogP contribution in [0, 0.1) is 17.5 Å². The summed E-state index contributed by atoms with van der Waals surface area (Å²) in [6.07, 6.45) is 3.31. The molecule has 2 aliphatic heterocycles. The molecule has 4 aromatic rings. The van der Waals surface area contributed by atoms with Crippen molar-refractivity contribution >= 4 is 16.9 Å². The van der Waals surface area contributed by atoms with E-state index in [9.17, 15) is 14.3 Å². The first-order chi connectivity index (χ1) is 19.6. The molecular weight excluding hydrogens is 531 g/mol. The predicted molar refractivity (Wildman–Crippen MR) is 149 cm³/mol. The van der Waals surface area contributed by atoms with Crippen LogP contribution in [0.4, 0.5) is 13.2 Å². The molecule has 2 aliphatic rings. The van der Waals surface area contributed by atoms with Crippen LogP contribution in [0.25, 0.3) is 33.3 Å². The molecule has 7 nitrogen and oxygen atoms in total. The van der Waals surface area contributed by atoms with Crippen molar-refractivity contribution in [2.45, 2.75) is 76.2 Å². The quantitative estimate of drug-likeness (QED) is 0.312. The summed E-state index contributed by atoms with van der Waals surface area (Å²) in [4.78, 5) is 15.5. The molecule has 0 radical (unpaired) electrons. The first-order valence-corrected chi connectivity index (χ1v) is 14.1. The Morgan fingerprint density at radius 2 is 1.80 bits per heavy atom. The lowest BCUT2D eigenvalue weighted by Crippen LogP contribution is -2.40. The van der Waals surface area contributed by atoms with Gasteiger partial charge in [-0.15, -0.1) is 5.10 Å². The SMILES string of the molecule is CCC(O)(CC)Cn1nnc2cc(-c3ccc(C(=O)N4[C@@H]5CC[C@H]4[C@@H](N)C5)cc3-c3cccc(F)c3)c(F)c(F)c21. The Balaban J connectivity index is 1.47. The van der Waals surface area contributed by atoms with E-state index in [0.29, 0.717) is 29.5 Å². The zero-order chi connectivity index (χ0) is 29.1. The van der Waals surface area contributed by atoms with Crippen LogP contribution in [0.1, 0.15) is 56.3 Å². The number of hydrogen-bond acceptors (Lipinski definition) is 5. The van der Waals surface area contributed by atoms with Gasteiger partial charge in [-0.3, -0.25) is 4.79 Å². The van der Waals surface area contributed by atoms with Crippen molar-refractivity contribution in [3.8, 4) is 22.3 Å². The lowest BCUT2D eigenvalue weighted by Gasteiger charge is -2.25. The molecule has 2 saturated heterocycles. The first kappa shape index (κ1) is 27.4. The van der Waals surface area contributed by atoms with Crippen LogP contribution in [-0.2, 0) is 6.54 Å². The number of aromatic nitrogens is 3. The minimum atomic E-state index is -1.15. The summed E-state index contributed by atoms with van der Waals surface area (Å²) in [6, 6.07) is 11.9. The topological polar surface area (TPSA) is 97.3 Å². The van der Waals surface area contributed by atoms with Crippen LogP contribution < -0.4 is 5.73 Å². The third-order valence-electron chi connectivity index (χ3n) is 8.95. The number of halogens is 3. The van der Waals surface area contributed by atoms with Gasteiger partial charge < -0.3 is 15.7 Å². The largest absolute Gasteiger partial charge is 0.388 e. The molecule has 0 unspecified atom stereocenters. The number of carbonyl (C=O) groups is 1. The zero-order valence-electron chi connectivity index (χ0n) is 22.9. The average Bonchev–Trinajstić information content (AvgIpc) is 3.66. The summed E-state index contributed by atoms with van der Waals surface area (Å²) in [5.74, 6) is -2.96. The van der Waals surface area contributed by atoms with E-state index in [4.69, 9.17) is 5.73 Å². The minimum Gasteiger partial charge on any atom is -0.388 e. The standard InChI is InChI=1S/C31H32F3N5O2/c1-3-31(41,4-2)16-38-29-25(36-37-38)15-23(27(33)28(29)34)21-10-8-18(13-22(21)17-6-5-7-19(32)12-17)30(40)39-20-9-11-26(39)24(35)14-20/h5-8,10,12-13,15,20,24,26,41H,3-4,9,11,14,16,35H2,1-2H3/t20-,24+,26+/m1/s1. The third kappa shape index (κ3) is 4.59. The third-order valence-corrected chi connectivity index (χ3v) is 8.95. The molecule has 1 aromatic heterocycles. The van der Waals surface area contributed by atoms with Crippen molar-refractivity contribution in [3.63, 3.8) is 0 Å². The molecule has 6 rings (SSSR count). The van der Waals surface area contributed by atoms with Crippen LogP contribution in [0.5, 0.6) is 0 Å². The molecule has 214 valence electrons. The summed E-state index contributed by atoms with van der Waals surface area (Å²) in [5, 5.41) is 18.8. The van der Waals surface area contributed by atoms with Gasteiger partial charge in [-0.2, -0.15) is 0 Å². The summed E-state index contributed by atoms with van der Waals surface area (Å²) < 4.78 is 47.0. The van der Waals surface area contributed by atoms with E-state index in [-0.39, 0.29) is 52.7 Å². The Bertz CT molecular complexity index is 1650. The predicted octanol–water partition coefficient (Wildman–Crippen LogP) is 5.44. The van der Waals surface area contributed by atoms with Gasteiger partial charge in [0.25, 0.3) is 5.91 Å². The van der Waals surface area contributed by atoms with Crippen LogP contribution in [0.3, 0.4) is 0 Å². The second-order valence-corrected chi connectivity index (χ2v) is 11.3. The molecule has 3 aromatic carbocycles. The summed E-state index contributed by atoms with van der Waals surface area (Å²) in [6.45, 7) is 3.57. The van der Waals surface area contributed by atoms with Crippen molar-refractivity contribution in [3.05, 3.63) is 71.5 Å². The number of nitrogens with two attached hydrogens (primary N) is 1. The zero-order valence-corrected chi connectivity index (χ0v) is 22.9. The van der Waals surface area contributed by atoms with Crippen molar-refractivity contribution in [2.75, 3.05) is 0 Å². The van der Waals surface area contributed by atoms with E-state index in [1.807, 2.05) is 18.7 Å².